The van der Waals surface area contributed by atoms with Crippen LogP contribution in [0.3, 0.4) is 0 Å². The van der Waals surface area contributed by atoms with Gasteiger partial charge in [0.1, 0.15) is 5.75 Å². The molecule has 2 nitrogen and oxygen atoms in total. The Morgan fingerprint density at radius 3 is 2.79 bits per heavy atom. The van der Waals surface area contributed by atoms with Gasteiger partial charge in [0.15, 0.2) is 5.78 Å². The molecular formula is C17H16O2. The van der Waals surface area contributed by atoms with Crippen LogP contribution in [0.4, 0.5) is 0 Å². The molecule has 1 unspecified atom stereocenters. The molecule has 0 aromatic heterocycles. The molecule has 3 rings (SSSR count). The van der Waals surface area contributed by atoms with Gasteiger partial charge in [-0.2, -0.15) is 0 Å². The third kappa shape index (κ3) is 2.14. The van der Waals surface area contributed by atoms with Gasteiger partial charge in [0.2, 0.25) is 0 Å². The molecule has 96 valence electrons. The zero-order valence-electron chi connectivity index (χ0n) is 10.9. The molecule has 2 heteroatoms. The quantitative estimate of drug-likeness (QED) is 0.812. The standard InChI is InChI=1S/C17H16O2/c1-19-13-6-4-5-12(11-13)14-9-10-17(18)16-8-3-2-7-15(14)16/h2-8,11,14H,9-10H2,1H3. The van der Waals surface area contributed by atoms with Crippen LogP contribution in [0.15, 0.2) is 48.5 Å². The summed E-state index contributed by atoms with van der Waals surface area (Å²) in [6.45, 7) is 0. The fourth-order valence-electron chi connectivity index (χ4n) is 2.82. The molecule has 0 bridgehead atoms. The van der Waals surface area contributed by atoms with Gasteiger partial charge in [-0.1, -0.05) is 36.4 Å². The Kier molecular flexibility index (Phi) is 3.08. The van der Waals surface area contributed by atoms with Crippen LogP contribution >= 0.6 is 0 Å². The summed E-state index contributed by atoms with van der Waals surface area (Å²) >= 11 is 0. The number of Topliss-reactive ketones (excluding diaryl/α,β-unsaturated/α-hetero) is 1. The summed E-state index contributed by atoms with van der Waals surface area (Å²) in [5, 5.41) is 0. The van der Waals surface area contributed by atoms with Crippen LogP contribution in [0.2, 0.25) is 0 Å². The van der Waals surface area contributed by atoms with E-state index < -0.39 is 0 Å². The van der Waals surface area contributed by atoms with Gasteiger partial charge < -0.3 is 4.74 Å². The summed E-state index contributed by atoms with van der Waals surface area (Å²) in [5.41, 5.74) is 3.24. The molecule has 0 N–H and O–H groups in total. The van der Waals surface area contributed by atoms with Crippen molar-refractivity contribution < 1.29 is 9.53 Å². The van der Waals surface area contributed by atoms with Crippen molar-refractivity contribution in [2.75, 3.05) is 7.11 Å². The molecule has 0 saturated heterocycles. The largest absolute Gasteiger partial charge is 0.497 e. The Hall–Kier alpha value is -2.09. The van der Waals surface area contributed by atoms with Crippen LogP contribution < -0.4 is 4.74 Å². The highest BCUT2D eigenvalue weighted by molar-refractivity contribution is 5.99. The van der Waals surface area contributed by atoms with E-state index in [9.17, 15) is 4.79 Å². The van der Waals surface area contributed by atoms with E-state index >= 15 is 0 Å². The van der Waals surface area contributed by atoms with E-state index in [-0.39, 0.29) is 5.78 Å². The molecule has 0 spiro atoms. The van der Waals surface area contributed by atoms with Crippen molar-refractivity contribution in [1.82, 2.24) is 0 Å². The average Bonchev–Trinajstić information content (AvgIpc) is 2.48. The molecule has 2 aromatic rings. The second kappa shape index (κ2) is 4.88. The SMILES string of the molecule is COc1cccc(C2CCC(=O)c3ccccc32)c1. The van der Waals surface area contributed by atoms with E-state index in [1.165, 1.54) is 5.56 Å². The van der Waals surface area contributed by atoms with Gasteiger partial charge >= 0.3 is 0 Å². The van der Waals surface area contributed by atoms with Crippen molar-refractivity contribution in [2.45, 2.75) is 18.8 Å². The smallest absolute Gasteiger partial charge is 0.163 e. The maximum atomic E-state index is 12.0. The normalized spacial score (nSPS) is 17.9. The predicted molar refractivity (Wildman–Crippen MR) is 74.8 cm³/mol. The van der Waals surface area contributed by atoms with Gasteiger partial charge in [-0.15, -0.1) is 0 Å². The number of rotatable bonds is 2. The fourth-order valence-corrected chi connectivity index (χ4v) is 2.82. The van der Waals surface area contributed by atoms with E-state index in [2.05, 4.69) is 18.2 Å². The Morgan fingerprint density at radius 1 is 1.11 bits per heavy atom. The lowest BCUT2D eigenvalue weighted by atomic mass is 9.78. The summed E-state index contributed by atoms with van der Waals surface area (Å²) < 4.78 is 5.29. The molecule has 0 radical (unpaired) electrons. The number of benzene rings is 2. The predicted octanol–water partition coefficient (Wildman–Crippen LogP) is 3.80. The highest BCUT2D eigenvalue weighted by Gasteiger charge is 2.26. The summed E-state index contributed by atoms with van der Waals surface area (Å²) in [6.07, 6.45) is 1.50. The molecular weight excluding hydrogens is 236 g/mol. The van der Waals surface area contributed by atoms with Gasteiger partial charge in [0.05, 0.1) is 7.11 Å². The van der Waals surface area contributed by atoms with Crippen LogP contribution in [0, 0.1) is 0 Å². The molecule has 0 heterocycles. The van der Waals surface area contributed by atoms with Crippen molar-refractivity contribution >= 4 is 5.78 Å². The lowest BCUT2D eigenvalue weighted by Crippen LogP contribution is -2.16. The first-order chi connectivity index (χ1) is 9.29. The number of carbonyl (C=O) groups is 1. The van der Waals surface area contributed by atoms with Crippen LogP contribution in [-0.4, -0.2) is 12.9 Å². The highest BCUT2D eigenvalue weighted by Crippen LogP contribution is 2.37. The molecule has 0 fully saturated rings. The minimum absolute atomic E-state index is 0.259. The lowest BCUT2D eigenvalue weighted by Gasteiger charge is -2.25. The van der Waals surface area contributed by atoms with Crippen LogP contribution in [0.1, 0.15) is 40.2 Å². The Labute approximate surface area is 113 Å². The maximum absolute atomic E-state index is 12.0. The number of ketones is 1. The Balaban J connectivity index is 2.06. The lowest BCUT2D eigenvalue weighted by molar-refractivity contribution is 0.0969. The number of ether oxygens (including phenoxy) is 1. The molecule has 0 amide bonds. The molecule has 0 saturated carbocycles. The Morgan fingerprint density at radius 2 is 1.95 bits per heavy atom. The average molecular weight is 252 g/mol. The van der Waals surface area contributed by atoms with Crippen molar-refractivity contribution in [3.05, 3.63) is 65.2 Å². The number of carbonyl (C=O) groups excluding carboxylic acids is 1. The minimum Gasteiger partial charge on any atom is -0.497 e. The monoisotopic (exact) mass is 252 g/mol. The number of hydrogen-bond donors (Lipinski definition) is 0. The number of methoxy groups -OCH3 is 1. The third-order valence-corrected chi connectivity index (χ3v) is 3.79. The van der Waals surface area contributed by atoms with Gasteiger partial charge in [0, 0.05) is 17.9 Å². The van der Waals surface area contributed by atoms with E-state index in [1.54, 1.807) is 7.11 Å². The van der Waals surface area contributed by atoms with Crippen LogP contribution in [0.25, 0.3) is 0 Å². The van der Waals surface area contributed by atoms with Crippen molar-refractivity contribution in [2.24, 2.45) is 0 Å². The molecule has 19 heavy (non-hydrogen) atoms. The van der Waals surface area contributed by atoms with Gasteiger partial charge in [0.25, 0.3) is 0 Å². The first-order valence-corrected chi connectivity index (χ1v) is 6.55. The van der Waals surface area contributed by atoms with E-state index in [4.69, 9.17) is 4.74 Å². The topological polar surface area (TPSA) is 26.3 Å². The van der Waals surface area contributed by atoms with Crippen molar-refractivity contribution in [1.29, 1.82) is 0 Å². The molecule has 2 aromatic carbocycles. The minimum atomic E-state index is 0.259. The van der Waals surface area contributed by atoms with Gasteiger partial charge in [-0.3, -0.25) is 4.79 Å². The summed E-state index contributed by atoms with van der Waals surface area (Å²) in [6, 6.07) is 16.1. The first-order valence-electron chi connectivity index (χ1n) is 6.55. The highest BCUT2D eigenvalue weighted by atomic mass is 16.5. The maximum Gasteiger partial charge on any atom is 0.163 e. The fraction of sp³-hybridized carbons (Fsp3) is 0.235. The van der Waals surface area contributed by atoms with Crippen LogP contribution in [-0.2, 0) is 0 Å². The second-order valence-electron chi connectivity index (χ2n) is 4.88. The number of hydrogen-bond acceptors (Lipinski definition) is 2. The molecule has 0 aliphatic heterocycles. The molecule has 1 atom stereocenters. The zero-order chi connectivity index (χ0) is 13.2. The number of fused-ring (bicyclic) bond motifs is 1. The van der Waals surface area contributed by atoms with Crippen LogP contribution in [0.5, 0.6) is 5.75 Å². The van der Waals surface area contributed by atoms with E-state index in [1.807, 2.05) is 30.3 Å². The second-order valence-corrected chi connectivity index (χ2v) is 4.88. The van der Waals surface area contributed by atoms with Gasteiger partial charge in [-0.25, -0.2) is 0 Å². The molecule has 1 aliphatic rings. The summed E-state index contributed by atoms with van der Waals surface area (Å²) in [5.74, 6) is 1.42. The zero-order valence-corrected chi connectivity index (χ0v) is 10.9. The van der Waals surface area contributed by atoms with Crippen molar-refractivity contribution in [3.8, 4) is 5.75 Å². The van der Waals surface area contributed by atoms with Gasteiger partial charge in [-0.05, 0) is 29.7 Å². The molecule has 1 aliphatic carbocycles. The summed E-state index contributed by atoms with van der Waals surface area (Å²) in [7, 11) is 1.68. The summed E-state index contributed by atoms with van der Waals surface area (Å²) in [4.78, 5) is 12.0. The van der Waals surface area contributed by atoms with Crippen molar-refractivity contribution in [3.63, 3.8) is 0 Å². The third-order valence-electron chi connectivity index (χ3n) is 3.79. The Bertz CT molecular complexity index is 616. The van der Waals surface area contributed by atoms with E-state index in [0.29, 0.717) is 12.3 Å². The van der Waals surface area contributed by atoms with E-state index in [0.717, 1.165) is 23.3 Å². The first kappa shape index (κ1) is 12.0.